The molecule has 0 spiro atoms. The van der Waals surface area contributed by atoms with Crippen LogP contribution in [0.3, 0.4) is 0 Å². The van der Waals surface area contributed by atoms with Gasteiger partial charge in [0.1, 0.15) is 0 Å². The van der Waals surface area contributed by atoms with Crippen molar-refractivity contribution in [3.63, 3.8) is 0 Å². The first kappa shape index (κ1) is 18.4. The van der Waals surface area contributed by atoms with Crippen molar-refractivity contribution in [1.82, 2.24) is 19.6 Å². The Morgan fingerprint density at radius 1 is 1.04 bits per heavy atom. The van der Waals surface area contributed by atoms with Crippen LogP contribution in [0.5, 0.6) is 0 Å². The van der Waals surface area contributed by atoms with Crippen molar-refractivity contribution in [1.29, 1.82) is 0 Å². The molecule has 3 aromatic rings. The van der Waals surface area contributed by atoms with Crippen molar-refractivity contribution in [2.45, 2.75) is 12.8 Å². The summed E-state index contributed by atoms with van der Waals surface area (Å²) in [6.45, 7) is 4.00. The summed E-state index contributed by atoms with van der Waals surface area (Å²) < 4.78 is 1.89. The highest BCUT2D eigenvalue weighted by Crippen LogP contribution is 2.22. The number of rotatable bonds is 6. The first-order valence-corrected chi connectivity index (χ1v) is 9.90. The van der Waals surface area contributed by atoms with Crippen LogP contribution in [-0.2, 0) is 0 Å². The molecule has 5 nitrogen and oxygen atoms in total. The van der Waals surface area contributed by atoms with Gasteiger partial charge in [0.2, 0.25) is 0 Å². The Balaban J connectivity index is 1.52. The van der Waals surface area contributed by atoms with Crippen LogP contribution in [0.2, 0.25) is 0 Å². The molecule has 0 atom stereocenters. The minimum Gasteiger partial charge on any atom is -0.340 e. The van der Waals surface area contributed by atoms with E-state index in [2.05, 4.69) is 22.1 Å². The van der Waals surface area contributed by atoms with Gasteiger partial charge in [0.05, 0.1) is 17.6 Å². The van der Waals surface area contributed by atoms with Crippen molar-refractivity contribution in [3.05, 3.63) is 72.4 Å². The quantitative estimate of drug-likeness (QED) is 0.660. The van der Waals surface area contributed by atoms with E-state index in [1.165, 1.54) is 12.8 Å². The largest absolute Gasteiger partial charge is 0.340 e. The van der Waals surface area contributed by atoms with Crippen molar-refractivity contribution in [3.8, 4) is 16.9 Å². The van der Waals surface area contributed by atoms with Gasteiger partial charge >= 0.3 is 0 Å². The maximum atomic E-state index is 12.9. The predicted molar refractivity (Wildman–Crippen MR) is 112 cm³/mol. The Bertz CT molecular complexity index is 929. The number of nitrogens with zero attached hydrogens (tertiary/aromatic N) is 4. The molecule has 0 bridgehead atoms. The Morgan fingerprint density at radius 2 is 1.82 bits per heavy atom. The van der Waals surface area contributed by atoms with Crippen LogP contribution in [-0.4, -0.2) is 58.7 Å². The molecule has 1 saturated heterocycles. The maximum absolute atomic E-state index is 12.9. The van der Waals surface area contributed by atoms with Gasteiger partial charge in [-0.05, 0) is 50.2 Å². The molecule has 0 radical (unpaired) electrons. The lowest BCUT2D eigenvalue weighted by Gasteiger charge is -2.22. The van der Waals surface area contributed by atoms with E-state index < -0.39 is 0 Å². The zero-order valence-electron chi connectivity index (χ0n) is 16.3. The molecule has 1 fully saturated rings. The van der Waals surface area contributed by atoms with Crippen LogP contribution in [0.4, 0.5) is 0 Å². The van der Waals surface area contributed by atoms with E-state index in [4.69, 9.17) is 0 Å². The normalized spacial score (nSPS) is 14.3. The van der Waals surface area contributed by atoms with E-state index in [-0.39, 0.29) is 5.91 Å². The summed E-state index contributed by atoms with van der Waals surface area (Å²) in [7, 11) is 1.88. The smallest absolute Gasteiger partial charge is 0.253 e. The Labute approximate surface area is 166 Å². The highest BCUT2D eigenvalue weighted by atomic mass is 16.2. The molecule has 0 unspecified atom stereocenters. The summed E-state index contributed by atoms with van der Waals surface area (Å²) in [5.41, 5.74) is 3.69. The molecule has 1 aromatic heterocycles. The fourth-order valence-electron chi connectivity index (χ4n) is 3.73. The lowest BCUT2D eigenvalue weighted by Crippen LogP contribution is -2.35. The summed E-state index contributed by atoms with van der Waals surface area (Å²) in [6, 6.07) is 19.9. The molecule has 5 heteroatoms. The fraction of sp³-hybridized carbons (Fsp3) is 0.304. The van der Waals surface area contributed by atoms with Crippen molar-refractivity contribution < 1.29 is 4.79 Å². The van der Waals surface area contributed by atoms with Crippen molar-refractivity contribution >= 4 is 5.91 Å². The van der Waals surface area contributed by atoms with Gasteiger partial charge in [-0.2, -0.15) is 5.10 Å². The summed E-state index contributed by atoms with van der Waals surface area (Å²) in [5, 5.41) is 4.48. The first-order chi connectivity index (χ1) is 13.7. The number of carbonyl (C=O) groups excluding carboxylic acids is 1. The molecular formula is C23H26N4O. The van der Waals surface area contributed by atoms with E-state index in [1.54, 1.807) is 6.20 Å². The lowest BCUT2D eigenvalue weighted by molar-refractivity contribution is 0.0782. The van der Waals surface area contributed by atoms with E-state index in [0.29, 0.717) is 5.56 Å². The molecule has 2 aromatic carbocycles. The predicted octanol–water partition coefficient (Wildman–Crippen LogP) is 3.71. The standard InChI is InChI=1S/C23H26N4O/c1-25(16-17-26-14-5-6-15-26)23(28)20-10-7-11-21(18-20)27-22(12-13-24-27)19-8-3-2-4-9-19/h2-4,7-13,18H,5-6,14-17H2,1H3. The molecule has 2 heterocycles. The van der Waals surface area contributed by atoms with Gasteiger partial charge in [-0.15, -0.1) is 0 Å². The van der Waals surface area contributed by atoms with Gasteiger partial charge in [0, 0.05) is 31.3 Å². The zero-order valence-corrected chi connectivity index (χ0v) is 16.3. The second-order valence-corrected chi connectivity index (χ2v) is 7.32. The summed E-state index contributed by atoms with van der Waals surface area (Å²) in [6.07, 6.45) is 4.33. The molecule has 4 rings (SSSR count). The van der Waals surface area contributed by atoms with E-state index in [9.17, 15) is 4.79 Å². The van der Waals surface area contributed by atoms with Crippen molar-refractivity contribution in [2.75, 3.05) is 33.2 Å². The minimum atomic E-state index is 0.0504. The number of hydrogen-bond acceptors (Lipinski definition) is 3. The highest BCUT2D eigenvalue weighted by Gasteiger charge is 2.16. The number of benzene rings is 2. The second-order valence-electron chi connectivity index (χ2n) is 7.32. The Morgan fingerprint density at radius 3 is 2.61 bits per heavy atom. The average molecular weight is 374 g/mol. The molecule has 1 aliphatic heterocycles. The topological polar surface area (TPSA) is 41.4 Å². The summed E-state index contributed by atoms with van der Waals surface area (Å²) in [5.74, 6) is 0.0504. The number of amides is 1. The third kappa shape index (κ3) is 3.99. The van der Waals surface area contributed by atoms with Crippen LogP contribution < -0.4 is 0 Å². The van der Waals surface area contributed by atoms with Crippen LogP contribution >= 0.6 is 0 Å². The molecular weight excluding hydrogens is 348 g/mol. The molecule has 1 amide bonds. The molecule has 0 saturated carbocycles. The highest BCUT2D eigenvalue weighted by molar-refractivity contribution is 5.94. The van der Waals surface area contributed by atoms with E-state index in [1.807, 2.05) is 65.2 Å². The van der Waals surface area contributed by atoms with E-state index >= 15 is 0 Å². The number of likely N-dealkylation sites (tertiary alicyclic amines) is 1. The minimum absolute atomic E-state index is 0.0504. The molecule has 144 valence electrons. The molecule has 1 aliphatic rings. The molecule has 0 aliphatic carbocycles. The Kier molecular flexibility index (Phi) is 5.53. The van der Waals surface area contributed by atoms with E-state index in [0.717, 1.165) is 43.1 Å². The second kappa shape index (κ2) is 8.40. The number of likely N-dealkylation sites (N-methyl/N-ethyl adjacent to an activating group) is 1. The fourth-order valence-corrected chi connectivity index (χ4v) is 3.73. The molecule has 28 heavy (non-hydrogen) atoms. The summed E-state index contributed by atoms with van der Waals surface area (Å²) >= 11 is 0. The first-order valence-electron chi connectivity index (χ1n) is 9.90. The third-order valence-corrected chi connectivity index (χ3v) is 5.35. The van der Waals surface area contributed by atoms with Crippen LogP contribution in [0.25, 0.3) is 16.9 Å². The third-order valence-electron chi connectivity index (χ3n) is 5.35. The lowest BCUT2D eigenvalue weighted by atomic mass is 10.1. The van der Waals surface area contributed by atoms with Crippen molar-refractivity contribution in [2.24, 2.45) is 0 Å². The van der Waals surface area contributed by atoms with Gasteiger partial charge in [-0.1, -0.05) is 36.4 Å². The van der Waals surface area contributed by atoms with Gasteiger partial charge < -0.3 is 9.80 Å². The van der Waals surface area contributed by atoms with Gasteiger partial charge in [0.15, 0.2) is 0 Å². The van der Waals surface area contributed by atoms with Crippen LogP contribution in [0.1, 0.15) is 23.2 Å². The Hall–Kier alpha value is -2.92. The average Bonchev–Trinajstić information content (AvgIpc) is 3.44. The maximum Gasteiger partial charge on any atom is 0.253 e. The van der Waals surface area contributed by atoms with Gasteiger partial charge in [-0.25, -0.2) is 4.68 Å². The monoisotopic (exact) mass is 374 g/mol. The van der Waals surface area contributed by atoms with Gasteiger partial charge in [-0.3, -0.25) is 4.79 Å². The van der Waals surface area contributed by atoms with Crippen LogP contribution in [0.15, 0.2) is 66.9 Å². The zero-order chi connectivity index (χ0) is 19.3. The number of aromatic nitrogens is 2. The molecule has 0 N–H and O–H groups in total. The number of hydrogen-bond donors (Lipinski definition) is 0. The number of carbonyl (C=O) groups is 1. The van der Waals surface area contributed by atoms with Gasteiger partial charge in [0.25, 0.3) is 5.91 Å². The summed E-state index contributed by atoms with van der Waals surface area (Å²) in [4.78, 5) is 17.1. The van der Waals surface area contributed by atoms with Crippen LogP contribution in [0, 0.1) is 0 Å². The SMILES string of the molecule is CN(CCN1CCCC1)C(=O)c1cccc(-n2nccc2-c2ccccc2)c1.